The van der Waals surface area contributed by atoms with Crippen molar-refractivity contribution in [2.45, 2.75) is 26.7 Å². The van der Waals surface area contributed by atoms with E-state index in [9.17, 15) is 9.59 Å². The van der Waals surface area contributed by atoms with Crippen molar-refractivity contribution in [1.82, 2.24) is 0 Å². The Morgan fingerprint density at radius 1 is 1.05 bits per heavy atom. The summed E-state index contributed by atoms with van der Waals surface area (Å²) >= 11 is 0. The van der Waals surface area contributed by atoms with Gasteiger partial charge in [0.05, 0.1) is 0 Å². The average Bonchev–Trinajstić information content (AvgIpc) is 2.92. The highest BCUT2D eigenvalue weighted by molar-refractivity contribution is 6.17. The molecule has 1 aromatic rings. The molecule has 4 rings (SSSR count). The van der Waals surface area contributed by atoms with Crippen LogP contribution in [0.1, 0.15) is 46.0 Å². The van der Waals surface area contributed by atoms with Crippen molar-refractivity contribution in [1.29, 1.82) is 0 Å². The van der Waals surface area contributed by atoms with E-state index >= 15 is 0 Å². The highest BCUT2D eigenvalue weighted by Gasteiger charge is 2.58. The quantitative estimate of drug-likeness (QED) is 0.712. The van der Waals surface area contributed by atoms with Crippen LogP contribution in [-0.4, -0.2) is 11.6 Å². The standard InChI is InChI=1S/C17H18O2/c1-8-4-3-5-11-13(8)17(19)14-10-6-9(2)12(7-10)15(14)16(11)18/h3-5,9-10,12,14-15H,6-7H2,1-2H3. The van der Waals surface area contributed by atoms with Gasteiger partial charge in [0.2, 0.25) is 0 Å². The molecule has 0 aromatic heterocycles. The first kappa shape index (κ1) is 11.4. The summed E-state index contributed by atoms with van der Waals surface area (Å²) in [6, 6.07) is 5.69. The molecule has 2 bridgehead atoms. The monoisotopic (exact) mass is 254 g/mol. The summed E-state index contributed by atoms with van der Waals surface area (Å²) in [4.78, 5) is 25.6. The van der Waals surface area contributed by atoms with Gasteiger partial charge in [0.1, 0.15) is 0 Å². The van der Waals surface area contributed by atoms with Gasteiger partial charge >= 0.3 is 0 Å². The van der Waals surface area contributed by atoms with Gasteiger partial charge in [-0.1, -0.05) is 25.1 Å². The zero-order valence-electron chi connectivity index (χ0n) is 11.3. The molecule has 0 radical (unpaired) electrons. The van der Waals surface area contributed by atoms with Gasteiger partial charge in [-0.15, -0.1) is 0 Å². The summed E-state index contributed by atoms with van der Waals surface area (Å²) in [6.45, 7) is 4.19. The normalized spacial score (nSPS) is 39.4. The van der Waals surface area contributed by atoms with Crippen molar-refractivity contribution in [3.8, 4) is 0 Å². The molecule has 0 heterocycles. The van der Waals surface area contributed by atoms with Crippen molar-refractivity contribution < 1.29 is 9.59 Å². The van der Waals surface area contributed by atoms with Gasteiger partial charge < -0.3 is 0 Å². The maximum atomic E-state index is 12.8. The number of benzene rings is 1. The predicted octanol–water partition coefficient (Wildman–Crippen LogP) is 3.28. The average molecular weight is 254 g/mol. The maximum Gasteiger partial charge on any atom is 0.167 e. The molecular formula is C17H18O2. The van der Waals surface area contributed by atoms with Gasteiger partial charge in [-0.2, -0.15) is 0 Å². The summed E-state index contributed by atoms with van der Waals surface area (Å²) in [7, 11) is 0. The zero-order chi connectivity index (χ0) is 13.3. The molecule has 0 aliphatic heterocycles. The van der Waals surface area contributed by atoms with Crippen molar-refractivity contribution >= 4 is 11.6 Å². The Balaban J connectivity index is 1.91. The fourth-order valence-corrected chi connectivity index (χ4v) is 4.96. The largest absolute Gasteiger partial charge is 0.294 e. The van der Waals surface area contributed by atoms with Crippen LogP contribution in [-0.2, 0) is 0 Å². The lowest BCUT2D eigenvalue weighted by molar-refractivity contribution is 0.0615. The van der Waals surface area contributed by atoms with Crippen molar-refractivity contribution in [2.24, 2.45) is 29.6 Å². The third kappa shape index (κ3) is 1.27. The van der Waals surface area contributed by atoms with E-state index in [-0.39, 0.29) is 23.4 Å². The third-order valence-corrected chi connectivity index (χ3v) is 5.73. The van der Waals surface area contributed by atoms with Gasteiger partial charge in [-0.05, 0) is 43.1 Å². The lowest BCUT2D eigenvalue weighted by Crippen LogP contribution is -2.42. The molecule has 5 unspecified atom stereocenters. The lowest BCUT2D eigenvalue weighted by atomic mass is 9.64. The molecule has 2 fully saturated rings. The number of hydrogen-bond acceptors (Lipinski definition) is 2. The van der Waals surface area contributed by atoms with Crippen LogP contribution in [0.25, 0.3) is 0 Å². The first-order valence-electron chi connectivity index (χ1n) is 7.27. The fraction of sp³-hybridized carbons (Fsp3) is 0.529. The minimum Gasteiger partial charge on any atom is -0.294 e. The molecule has 0 saturated heterocycles. The summed E-state index contributed by atoms with van der Waals surface area (Å²) in [6.07, 6.45) is 2.22. The maximum absolute atomic E-state index is 12.8. The van der Waals surface area contributed by atoms with E-state index in [1.807, 2.05) is 25.1 Å². The fourth-order valence-electron chi connectivity index (χ4n) is 4.96. The van der Waals surface area contributed by atoms with Crippen LogP contribution in [0.2, 0.25) is 0 Å². The second-order valence-electron chi connectivity index (χ2n) is 6.65. The predicted molar refractivity (Wildman–Crippen MR) is 72.2 cm³/mol. The van der Waals surface area contributed by atoms with Gasteiger partial charge in [0.15, 0.2) is 11.6 Å². The number of aryl methyl sites for hydroxylation is 1. The van der Waals surface area contributed by atoms with E-state index in [0.29, 0.717) is 28.9 Å². The molecule has 1 aromatic carbocycles. The number of ketones is 2. The topological polar surface area (TPSA) is 34.1 Å². The van der Waals surface area contributed by atoms with Crippen molar-refractivity contribution in [3.63, 3.8) is 0 Å². The van der Waals surface area contributed by atoms with Gasteiger partial charge in [0.25, 0.3) is 0 Å². The van der Waals surface area contributed by atoms with Crippen LogP contribution in [0, 0.1) is 36.5 Å². The summed E-state index contributed by atoms with van der Waals surface area (Å²) < 4.78 is 0. The molecule has 98 valence electrons. The first-order valence-corrected chi connectivity index (χ1v) is 7.27. The van der Waals surface area contributed by atoms with E-state index in [0.717, 1.165) is 18.4 Å². The van der Waals surface area contributed by atoms with Crippen LogP contribution >= 0.6 is 0 Å². The second kappa shape index (κ2) is 3.56. The molecule has 19 heavy (non-hydrogen) atoms. The van der Waals surface area contributed by atoms with Crippen LogP contribution in [0.15, 0.2) is 18.2 Å². The highest BCUT2D eigenvalue weighted by Crippen LogP contribution is 2.58. The molecule has 3 aliphatic carbocycles. The van der Waals surface area contributed by atoms with Crippen molar-refractivity contribution in [2.75, 3.05) is 0 Å². The molecular weight excluding hydrogens is 236 g/mol. The van der Waals surface area contributed by atoms with Gasteiger partial charge in [-0.25, -0.2) is 0 Å². The van der Waals surface area contributed by atoms with E-state index in [1.165, 1.54) is 0 Å². The van der Waals surface area contributed by atoms with Crippen LogP contribution < -0.4 is 0 Å². The summed E-state index contributed by atoms with van der Waals surface area (Å²) in [5.41, 5.74) is 2.37. The first-order chi connectivity index (χ1) is 9.09. The Kier molecular flexibility index (Phi) is 2.13. The number of hydrogen-bond donors (Lipinski definition) is 0. The minimum atomic E-state index is -0.0180. The van der Waals surface area contributed by atoms with Crippen LogP contribution in [0.3, 0.4) is 0 Å². The molecule has 5 atom stereocenters. The van der Waals surface area contributed by atoms with Crippen LogP contribution in [0.4, 0.5) is 0 Å². The minimum absolute atomic E-state index is 0.0118. The van der Waals surface area contributed by atoms with Gasteiger partial charge in [-0.3, -0.25) is 9.59 Å². The Morgan fingerprint density at radius 3 is 2.63 bits per heavy atom. The summed E-state index contributed by atoms with van der Waals surface area (Å²) in [5.74, 6) is 1.96. The molecule has 0 spiro atoms. The van der Waals surface area contributed by atoms with Gasteiger partial charge in [0, 0.05) is 23.0 Å². The van der Waals surface area contributed by atoms with E-state index < -0.39 is 0 Å². The third-order valence-electron chi connectivity index (χ3n) is 5.73. The number of carbonyl (C=O) groups is 2. The SMILES string of the molecule is Cc1cccc2c1C(=O)C1C3CC(C)C(C3)C1C2=O. The Labute approximate surface area is 113 Å². The highest BCUT2D eigenvalue weighted by atomic mass is 16.1. The molecule has 2 nitrogen and oxygen atoms in total. The Hall–Kier alpha value is -1.44. The zero-order valence-corrected chi connectivity index (χ0v) is 11.3. The van der Waals surface area contributed by atoms with E-state index in [4.69, 9.17) is 0 Å². The number of rotatable bonds is 0. The second-order valence-corrected chi connectivity index (χ2v) is 6.65. The molecule has 2 heteroatoms. The number of Topliss-reactive ketones (excluding diaryl/α,β-unsaturated/α-hetero) is 2. The Bertz CT molecular complexity index is 601. The van der Waals surface area contributed by atoms with Crippen molar-refractivity contribution in [3.05, 3.63) is 34.9 Å². The lowest BCUT2D eigenvalue weighted by Gasteiger charge is -2.36. The molecule has 0 amide bonds. The van der Waals surface area contributed by atoms with E-state index in [2.05, 4.69) is 6.92 Å². The summed E-state index contributed by atoms with van der Waals surface area (Å²) in [5, 5.41) is 0. The molecule has 0 N–H and O–H groups in total. The number of fused-ring (bicyclic) bond motifs is 6. The van der Waals surface area contributed by atoms with E-state index in [1.54, 1.807) is 0 Å². The smallest absolute Gasteiger partial charge is 0.167 e. The molecule has 3 aliphatic rings. The molecule has 2 saturated carbocycles. The number of carbonyl (C=O) groups excluding carboxylic acids is 2. The van der Waals surface area contributed by atoms with Crippen LogP contribution in [0.5, 0.6) is 0 Å². The Morgan fingerprint density at radius 2 is 1.84 bits per heavy atom.